The summed E-state index contributed by atoms with van der Waals surface area (Å²) in [5, 5.41) is 21.0. The lowest BCUT2D eigenvalue weighted by Crippen LogP contribution is -2.32. The Kier molecular flexibility index (Phi) is 20.7. The molecule has 1 aliphatic heterocycles. The van der Waals surface area contributed by atoms with Crippen molar-refractivity contribution < 1.29 is 66.0 Å². The van der Waals surface area contributed by atoms with Gasteiger partial charge in [0.25, 0.3) is 11.8 Å². The van der Waals surface area contributed by atoms with E-state index in [-0.39, 0.29) is 43.9 Å². The van der Waals surface area contributed by atoms with E-state index in [0.29, 0.717) is 39.6 Å². The molecule has 5 rings (SSSR count). The molecule has 3 atom stereocenters. The molecule has 3 unspecified atom stereocenters. The summed E-state index contributed by atoms with van der Waals surface area (Å²) in [6.45, 7) is -0.823. The van der Waals surface area contributed by atoms with Crippen molar-refractivity contribution in [2.45, 2.75) is 64.0 Å². The van der Waals surface area contributed by atoms with Crippen molar-refractivity contribution >= 4 is 82.7 Å². The van der Waals surface area contributed by atoms with E-state index in [1.807, 2.05) is 5.32 Å². The molecule has 1 aliphatic carbocycles. The number of aryl methyl sites for hydroxylation is 1. The highest BCUT2D eigenvalue weighted by atomic mass is 35.5. The zero-order valence-electron chi connectivity index (χ0n) is 33.5. The molecule has 2 aromatic carbocycles. The molecule has 2 amide bonds. The number of anilines is 1. The van der Waals surface area contributed by atoms with Crippen molar-refractivity contribution in [2.24, 2.45) is 0 Å². The number of terminal acetylenes is 1. The Morgan fingerprint density at radius 3 is 1.98 bits per heavy atom. The van der Waals surface area contributed by atoms with Crippen molar-refractivity contribution in [1.82, 2.24) is 19.7 Å². The molecule has 2 aliphatic rings. The Morgan fingerprint density at radius 1 is 1.02 bits per heavy atom. The van der Waals surface area contributed by atoms with Gasteiger partial charge < -0.3 is 29.3 Å². The molecule has 0 bridgehead atoms. The molecule has 3 aromatic rings. The molecule has 340 valence electrons. The number of carboxylic acid groups (broad SMARTS) is 2. The zero-order chi connectivity index (χ0) is 47.4. The number of nitrogens with one attached hydrogen (secondary N) is 1. The largest absolute Gasteiger partial charge is 0.778 e. The molecule has 1 aromatic heterocycles. The minimum absolute atomic E-state index is 0.0233. The van der Waals surface area contributed by atoms with Gasteiger partial charge in [0.2, 0.25) is 0 Å². The average Bonchev–Trinajstić information content (AvgIpc) is 3.59. The van der Waals surface area contributed by atoms with Crippen molar-refractivity contribution in [3.8, 4) is 23.8 Å². The number of nitrogens with zero attached hydrogens (tertiary/aromatic N) is 4. The average molecular weight is 977 g/mol. The number of carbonyl (C=O) groups excluding carboxylic acids is 2. The van der Waals surface area contributed by atoms with Crippen molar-refractivity contribution in [1.29, 1.82) is 0 Å². The number of benzene rings is 2. The van der Waals surface area contributed by atoms with Gasteiger partial charge in [0.05, 0.1) is 42.3 Å². The molecule has 0 spiro atoms. The summed E-state index contributed by atoms with van der Waals surface area (Å²) in [5.74, 6) is -2.97. The normalized spacial score (nSPS) is 15.2. The highest BCUT2D eigenvalue weighted by Gasteiger charge is 2.41. The molecule has 0 fully saturated rings. The highest BCUT2D eigenvalue weighted by Crippen LogP contribution is 2.40. The first-order valence-corrected chi connectivity index (χ1v) is 23.1. The number of aliphatic carboxylic acids is 2. The standard InChI is InChI=1S/C18H15ClFNO3.C13H10Cl2F3N3O3.C3H8NO5P.C3H9S/c1-3-10(2)24-16-9-15(14(20)8-13(16)19)21-17(22)11-6-4-5-7-12(11)18(21)23;1-5-19-21(13(24)20(5)12(17)18)10-3-6(2-8(15)11(22)23)7(14)4-9(10)16;5-3(6)1-4-2-10(7,8)9;1-4(2)3/h1,8-10H,4-7H2,2H3;3-4,8,12H,2H2,1H3,(H,22,23);4H,1-2H2,(H,5,6)(H2,7,8,9);1-3H3/q;;;+1/p-1. The number of ether oxygens (including phenoxy) is 1. The van der Waals surface area contributed by atoms with Gasteiger partial charge in [0.1, 0.15) is 36.1 Å². The quantitative estimate of drug-likeness (QED) is 0.0466. The summed E-state index contributed by atoms with van der Waals surface area (Å²) in [7, 11) is -3.71. The lowest BCUT2D eigenvalue weighted by molar-refractivity contribution is -0.193. The van der Waals surface area contributed by atoms with E-state index >= 15 is 0 Å². The first-order valence-electron chi connectivity index (χ1n) is 17.7. The molecular weight excluding hydrogens is 936 g/mol. The third-order valence-corrected chi connectivity index (χ3v) is 9.56. The lowest BCUT2D eigenvalue weighted by atomic mass is 9.93. The summed E-state index contributed by atoms with van der Waals surface area (Å²) in [6, 6.07) is 4.16. The smallest absolute Gasteiger partial charge is 0.355 e. The van der Waals surface area contributed by atoms with Crippen LogP contribution >= 0.6 is 42.4 Å². The Labute approximate surface area is 370 Å². The van der Waals surface area contributed by atoms with Gasteiger partial charge in [-0.3, -0.25) is 24.5 Å². The van der Waals surface area contributed by atoms with Crippen molar-refractivity contribution in [2.75, 3.05) is 36.5 Å². The number of rotatable bonds is 12. The van der Waals surface area contributed by atoms with Crippen LogP contribution in [0, 0.1) is 30.9 Å². The predicted octanol–water partition coefficient (Wildman–Crippen LogP) is 5.05. The van der Waals surface area contributed by atoms with Crippen LogP contribution in [0.15, 0.2) is 40.2 Å². The number of halogens is 7. The third-order valence-electron chi connectivity index (χ3n) is 7.95. The van der Waals surface area contributed by atoms with E-state index in [1.165, 1.54) is 6.07 Å². The molecule has 2 heterocycles. The van der Waals surface area contributed by atoms with Crippen LogP contribution in [0.4, 0.5) is 23.2 Å². The number of hydrogen-bond acceptors (Lipinski definition) is 10. The van der Waals surface area contributed by atoms with Crippen LogP contribution in [0.3, 0.4) is 0 Å². The number of imide groups is 1. The van der Waals surface area contributed by atoms with Crippen LogP contribution in [0.5, 0.6) is 5.75 Å². The molecule has 4 N–H and O–H groups in total. The summed E-state index contributed by atoms with van der Waals surface area (Å²) in [4.78, 5) is 76.5. The van der Waals surface area contributed by atoms with Gasteiger partial charge in [-0.05, 0) is 74.2 Å². The van der Waals surface area contributed by atoms with Gasteiger partial charge >= 0.3 is 24.2 Å². The first kappa shape index (κ1) is 53.7. The number of carbonyl (C=O) groups is 4. The van der Waals surface area contributed by atoms with Crippen LogP contribution in [-0.4, -0.2) is 96.3 Å². The SMILES string of the molecule is C#CC(C)Oc1cc(N2C(=O)C3=C(CCCC3)C2=O)c(F)cc1Cl.C[S+](C)C.Cc1nn(-c2cc(CC(Cl)C(=O)O)c(Cl)cc2F)c(=O)n1C(F)F.O=C(O)CNCP(=O)([O-])O. The van der Waals surface area contributed by atoms with Crippen LogP contribution in [0.25, 0.3) is 5.69 Å². The second-order valence-corrected chi connectivity index (χ2v) is 18.8. The van der Waals surface area contributed by atoms with Gasteiger partial charge in [-0.2, -0.15) is 13.5 Å². The maximum atomic E-state index is 14.4. The Hall–Kier alpha value is -4.39. The Morgan fingerprint density at radius 2 is 1.53 bits per heavy atom. The van der Waals surface area contributed by atoms with Crippen LogP contribution < -0.4 is 25.5 Å². The fraction of sp³-hybridized carbons (Fsp3) is 0.405. The fourth-order valence-electron chi connectivity index (χ4n) is 5.30. The Bertz CT molecular complexity index is 2310. The minimum Gasteiger partial charge on any atom is -0.778 e. The molecular formula is C37H41Cl3F4N5O11PS. The number of alkyl halides is 3. The summed E-state index contributed by atoms with van der Waals surface area (Å²) < 4.78 is 70.1. The topological polar surface area (TPSA) is 233 Å². The number of amides is 2. The van der Waals surface area contributed by atoms with E-state index in [1.54, 1.807) is 6.92 Å². The number of aromatic nitrogens is 3. The van der Waals surface area contributed by atoms with E-state index in [2.05, 4.69) is 29.8 Å². The van der Waals surface area contributed by atoms with Crippen molar-refractivity contribution in [3.63, 3.8) is 0 Å². The molecule has 16 nitrogen and oxygen atoms in total. The molecule has 0 saturated carbocycles. The summed E-state index contributed by atoms with van der Waals surface area (Å²) in [6.07, 6.45) is 13.1. The second kappa shape index (κ2) is 23.9. The van der Waals surface area contributed by atoms with E-state index in [9.17, 15) is 51.0 Å². The van der Waals surface area contributed by atoms with Gasteiger partial charge in [-0.1, -0.05) is 29.1 Å². The van der Waals surface area contributed by atoms with Crippen molar-refractivity contribution in [3.05, 3.63) is 79.0 Å². The first-order chi connectivity index (χ1) is 28.7. The van der Waals surface area contributed by atoms with Gasteiger partial charge in [0, 0.05) is 28.7 Å². The maximum absolute atomic E-state index is 14.4. The van der Waals surface area contributed by atoms with E-state index < -0.39 is 85.2 Å². The highest BCUT2D eigenvalue weighted by molar-refractivity contribution is 7.94. The zero-order valence-corrected chi connectivity index (χ0v) is 37.4. The number of carboxylic acids is 2. The fourth-order valence-corrected chi connectivity index (χ4v) is 6.29. The van der Waals surface area contributed by atoms with Crippen LogP contribution in [0.1, 0.15) is 50.5 Å². The lowest BCUT2D eigenvalue weighted by Gasteiger charge is -2.19. The predicted molar refractivity (Wildman–Crippen MR) is 224 cm³/mol. The monoisotopic (exact) mass is 975 g/mol. The molecule has 25 heteroatoms. The number of hydrogen-bond donors (Lipinski definition) is 4. The van der Waals surface area contributed by atoms with Gasteiger partial charge in [0.15, 0.2) is 11.9 Å². The van der Waals surface area contributed by atoms with E-state index in [4.69, 9.17) is 61.1 Å². The molecule has 62 heavy (non-hydrogen) atoms. The third kappa shape index (κ3) is 15.4. The maximum Gasteiger partial charge on any atom is 0.355 e. The Balaban J connectivity index is 0.000000329. The minimum atomic E-state index is -4.35. The summed E-state index contributed by atoms with van der Waals surface area (Å²) >= 11 is 17.4. The van der Waals surface area contributed by atoms with Gasteiger partial charge in [-0.15, -0.1) is 23.1 Å². The molecule has 0 radical (unpaired) electrons. The van der Waals surface area contributed by atoms with Crippen LogP contribution in [0.2, 0.25) is 10.0 Å². The molecule has 0 saturated heterocycles. The van der Waals surface area contributed by atoms with E-state index in [0.717, 1.165) is 42.9 Å². The summed E-state index contributed by atoms with van der Waals surface area (Å²) in [5.41, 5.74) is -0.735. The second-order valence-electron chi connectivity index (χ2n) is 13.4. The van der Waals surface area contributed by atoms with Gasteiger partial charge in [-0.25, -0.2) is 23.0 Å². The van der Waals surface area contributed by atoms with Crippen LogP contribution in [-0.2, 0) is 41.1 Å².